The minimum absolute atomic E-state index is 0. The Morgan fingerprint density at radius 1 is 2.00 bits per heavy atom. The van der Waals surface area contributed by atoms with Crippen LogP contribution in [0, 0.1) is 0 Å². The number of carbonyl (C=O) groups is 1. The van der Waals surface area contributed by atoms with Crippen molar-refractivity contribution in [2.45, 2.75) is 18.8 Å². The van der Waals surface area contributed by atoms with Gasteiger partial charge >= 0.3 is 5.97 Å². The van der Waals surface area contributed by atoms with Crippen LogP contribution in [0.1, 0.15) is 18.3 Å². The Morgan fingerprint density at radius 3 is 2.90 bits per heavy atom. The number of carboxylic acids is 1. The van der Waals surface area contributed by atoms with Gasteiger partial charge in [-0.05, 0) is 19.3 Å². The van der Waals surface area contributed by atoms with E-state index in [0.717, 1.165) is 0 Å². The number of hydrogen-bond donors (Lipinski definition) is 3. The highest BCUT2D eigenvalue weighted by atomic mass is 35.5. The molecule has 5 heteroatoms. The van der Waals surface area contributed by atoms with E-state index in [0.29, 0.717) is 0 Å². The summed E-state index contributed by atoms with van der Waals surface area (Å²) in [6.45, 7) is -0.505. The van der Waals surface area contributed by atoms with E-state index in [1.165, 1.54) is 0 Å². The summed E-state index contributed by atoms with van der Waals surface area (Å²) < 4.78 is 42.6. The van der Waals surface area contributed by atoms with Gasteiger partial charge in [0.1, 0.15) is 8.84 Å². The van der Waals surface area contributed by atoms with E-state index in [-0.39, 0.29) is 12.4 Å². The van der Waals surface area contributed by atoms with Crippen LogP contribution >= 0.6 is 12.4 Å². The summed E-state index contributed by atoms with van der Waals surface area (Å²) in [5.74, 6) is -2.01. The third-order valence-corrected chi connectivity index (χ3v) is 0.559. The average Bonchev–Trinajstić information content (AvgIpc) is 2.13. The lowest BCUT2D eigenvalue weighted by atomic mass is 10.2. The first kappa shape index (κ1) is 3.90. The third-order valence-electron chi connectivity index (χ3n) is 0.559. The molecule has 0 amide bonds. The lowest BCUT2D eigenvalue weighted by molar-refractivity contribution is -0.138. The summed E-state index contributed by atoms with van der Waals surface area (Å²) in [6, 6.07) is -3.18. The fourth-order valence-electron chi connectivity index (χ4n) is 0.217. The number of aliphatic carboxylic acids is 1. The predicted octanol–water partition coefficient (Wildman–Crippen LogP) is -0.441. The molecule has 5 N–H and O–H groups in total. The van der Waals surface area contributed by atoms with E-state index in [2.05, 4.69) is 0 Å². The largest absolute Gasteiger partial charge is 0.480 e. The standard InChI is InChI=1S/C5H12N2O2.ClH/c6-3-1-2-4(7)5(8)9;/h4H,1-3,6-7H2,(H,8,9);1H/t4-;/m0./s1/i1D,2D2,4D;/hD2/t1?,4-;. The van der Waals surface area contributed by atoms with Gasteiger partial charge < -0.3 is 16.6 Å². The molecule has 0 aliphatic heterocycles. The van der Waals surface area contributed by atoms with Crippen molar-refractivity contribution in [3.63, 3.8) is 0 Å². The molecule has 0 heterocycles. The molecular formula is C5H13ClN2O2. The van der Waals surface area contributed by atoms with Gasteiger partial charge in [0.25, 0.3) is 0 Å². The normalized spacial score (nSPS) is 28.6. The van der Waals surface area contributed by atoms with E-state index in [1.54, 1.807) is 0 Å². The molecule has 0 fully saturated rings. The first-order valence-corrected chi connectivity index (χ1v) is 2.26. The Balaban J connectivity index is 0. The van der Waals surface area contributed by atoms with E-state index in [9.17, 15) is 4.79 Å². The van der Waals surface area contributed by atoms with Crippen molar-refractivity contribution in [1.82, 2.24) is 0 Å². The molecule has 0 aromatic rings. The fourth-order valence-corrected chi connectivity index (χ4v) is 0.217. The highest BCUT2D eigenvalue weighted by molar-refractivity contribution is 5.85. The SMILES string of the molecule is Cl.[2H]C(CN)C([2H])([2H])[C@@]([2H])(C(=O)O)N([2H])[2H]. The zero-order chi connectivity index (χ0) is 12.4. The number of halogens is 1. The maximum atomic E-state index is 10.7. The zero-order valence-electron chi connectivity index (χ0n) is 11.1. The van der Waals surface area contributed by atoms with Crippen molar-refractivity contribution >= 4 is 18.4 Å². The molecule has 0 aromatic heterocycles. The second-order valence-electron chi connectivity index (χ2n) is 1.24. The van der Waals surface area contributed by atoms with Gasteiger partial charge in [-0.1, -0.05) is 0 Å². The topological polar surface area (TPSA) is 89.3 Å². The molecule has 62 valence electrons. The molecule has 1 unspecified atom stereocenters. The van der Waals surface area contributed by atoms with E-state index in [4.69, 9.17) is 19.1 Å². The van der Waals surface area contributed by atoms with Gasteiger partial charge in [-0.25, -0.2) is 0 Å². The van der Waals surface area contributed by atoms with Crippen molar-refractivity contribution in [2.24, 2.45) is 11.5 Å². The second-order valence-corrected chi connectivity index (χ2v) is 1.24. The number of nitrogens with two attached hydrogens (primary N) is 2. The molecule has 0 rings (SSSR count). The van der Waals surface area contributed by atoms with Crippen LogP contribution in [0.25, 0.3) is 0 Å². The monoisotopic (exact) mass is 174 g/mol. The first-order chi connectivity index (χ1) is 6.62. The zero-order valence-corrected chi connectivity index (χ0v) is 5.89. The van der Waals surface area contributed by atoms with Crippen LogP contribution in [0.2, 0.25) is 2.82 Å². The Hall–Kier alpha value is -0.320. The van der Waals surface area contributed by atoms with Crippen LogP contribution in [0.4, 0.5) is 0 Å². The molecule has 0 saturated heterocycles. The maximum Gasteiger partial charge on any atom is 0.320 e. The minimum Gasteiger partial charge on any atom is -0.480 e. The van der Waals surface area contributed by atoms with Crippen LogP contribution in [0.15, 0.2) is 0 Å². The molecule has 4 nitrogen and oxygen atoms in total. The molecule has 0 aliphatic rings. The van der Waals surface area contributed by atoms with Crippen molar-refractivity contribution < 1.29 is 18.2 Å². The molecule has 10 heavy (non-hydrogen) atoms. The van der Waals surface area contributed by atoms with Crippen molar-refractivity contribution in [2.75, 3.05) is 6.54 Å². The third kappa shape index (κ3) is 5.81. The van der Waals surface area contributed by atoms with Gasteiger partial charge in [0, 0.05) is 4.11 Å². The first-order valence-electron chi connectivity index (χ1n) is 5.23. The lowest BCUT2D eigenvalue weighted by Gasteiger charge is -2.02. The van der Waals surface area contributed by atoms with Crippen LogP contribution in [0.3, 0.4) is 0 Å². The van der Waals surface area contributed by atoms with Gasteiger partial charge in [-0.15, -0.1) is 12.4 Å². The predicted molar refractivity (Wildman–Crippen MR) is 41.1 cm³/mol. The molecule has 0 spiro atoms. The highest BCUT2D eigenvalue weighted by Crippen LogP contribution is 1.91. The molecule has 0 bridgehead atoms. The van der Waals surface area contributed by atoms with Crippen molar-refractivity contribution in [1.29, 1.82) is 0 Å². The summed E-state index contributed by atoms with van der Waals surface area (Å²) in [7, 11) is 0. The minimum atomic E-state index is -3.18. The Morgan fingerprint density at radius 2 is 2.60 bits per heavy atom. The van der Waals surface area contributed by atoms with Crippen LogP contribution in [0.5, 0.6) is 0 Å². The average molecular weight is 175 g/mol. The maximum absolute atomic E-state index is 10.7. The Labute approximate surface area is 74.5 Å². The summed E-state index contributed by atoms with van der Waals surface area (Å²) in [5.41, 5.74) is 4.43. The van der Waals surface area contributed by atoms with Crippen LogP contribution in [-0.2, 0) is 4.79 Å². The smallest absolute Gasteiger partial charge is 0.320 e. The summed E-state index contributed by atoms with van der Waals surface area (Å²) in [5, 5.41) is 8.65. The highest BCUT2D eigenvalue weighted by Gasteiger charge is 2.08. The molecule has 0 saturated carbocycles. The molecule has 0 aliphatic carbocycles. The Bertz CT molecular complexity index is 255. The van der Waals surface area contributed by atoms with Gasteiger partial charge in [0.05, 0.1) is 1.37 Å². The number of carboxylic acid groups (broad SMARTS) is 1. The van der Waals surface area contributed by atoms with E-state index >= 15 is 0 Å². The number of rotatable bonds is 5. The van der Waals surface area contributed by atoms with E-state index in [1.807, 2.05) is 0 Å². The van der Waals surface area contributed by atoms with Crippen molar-refractivity contribution in [3.8, 4) is 0 Å². The number of hydrogen-bond acceptors (Lipinski definition) is 3. The summed E-state index contributed by atoms with van der Waals surface area (Å²) >= 11 is 0. The summed E-state index contributed by atoms with van der Waals surface area (Å²) in [6.07, 6.45) is -4.64. The van der Waals surface area contributed by atoms with Gasteiger partial charge in [-0.2, -0.15) is 0 Å². The molecular weight excluding hydrogens is 156 g/mol. The van der Waals surface area contributed by atoms with Crippen molar-refractivity contribution in [3.05, 3.63) is 0 Å². The van der Waals surface area contributed by atoms with Gasteiger partial charge in [0.15, 0.2) is 0 Å². The van der Waals surface area contributed by atoms with E-state index < -0.39 is 37.0 Å². The van der Waals surface area contributed by atoms with Crippen LogP contribution in [-0.4, -0.2) is 23.6 Å². The lowest BCUT2D eigenvalue weighted by Crippen LogP contribution is -2.30. The quantitative estimate of drug-likeness (QED) is 0.527. The van der Waals surface area contributed by atoms with Crippen LogP contribution < -0.4 is 11.5 Å². The molecule has 2 atom stereocenters. The van der Waals surface area contributed by atoms with Gasteiger partial charge in [-0.3, -0.25) is 4.79 Å². The molecule has 0 radical (unpaired) electrons. The summed E-state index contributed by atoms with van der Waals surface area (Å²) in [4.78, 5) is 10.7. The Kier molecular flexibility index (Phi) is 2.65. The second kappa shape index (κ2) is 6.80. The fraction of sp³-hybridized carbons (Fsp3) is 0.800. The molecule has 0 aromatic carbocycles. The van der Waals surface area contributed by atoms with Gasteiger partial charge in [0.2, 0.25) is 0 Å².